The lowest BCUT2D eigenvalue weighted by molar-refractivity contribution is -0.249. The predicted octanol–water partition coefficient (Wildman–Crippen LogP) is 2.45. The summed E-state index contributed by atoms with van der Waals surface area (Å²) in [6.45, 7) is 3.05. The standard InChI is InChI=1S/C26H30N2O8/c1-16(30)33-24-22(36-23(15-29)25(34-17(2)31)26(24)35-18(3)32)14-21(19-10-6-4-7-11-19)28-27-20-12-8-5-9-13-20/h4-13,22-27,29H,14-15H2,1-3H3/b28-21-/t22-,23+,24-,25+,26+/m0/s1. The van der Waals surface area contributed by atoms with E-state index >= 15 is 0 Å². The van der Waals surface area contributed by atoms with Crippen LogP contribution in [0.5, 0.6) is 0 Å². The topological polar surface area (TPSA) is 133 Å². The van der Waals surface area contributed by atoms with Gasteiger partial charge in [0.05, 0.1) is 18.0 Å². The van der Waals surface area contributed by atoms with Crippen molar-refractivity contribution in [2.24, 2.45) is 5.10 Å². The quantitative estimate of drug-likeness (QED) is 0.231. The Hall–Kier alpha value is -3.76. The highest BCUT2D eigenvalue weighted by Crippen LogP contribution is 2.31. The van der Waals surface area contributed by atoms with Crippen molar-refractivity contribution in [3.63, 3.8) is 0 Å². The number of carbonyl (C=O) groups excluding carboxylic acids is 3. The smallest absolute Gasteiger partial charge is 0.303 e. The van der Waals surface area contributed by atoms with E-state index < -0.39 is 55.0 Å². The van der Waals surface area contributed by atoms with Gasteiger partial charge in [-0.1, -0.05) is 48.5 Å². The molecular weight excluding hydrogens is 468 g/mol. The fraction of sp³-hybridized carbons (Fsp3) is 0.385. The van der Waals surface area contributed by atoms with Crippen LogP contribution in [0.4, 0.5) is 5.69 Å². The number of nitrogens with zero attached hydrogens (tertiary/aromatic N) is 1. The van der Waals surface area contributed by atoms with Crippen LogP contribution in [0.25, 0.3) is 0 Å². The molecule has 1 aliphatic heterocycles. The van der Waals surface area contributed by atoms with E-state index in [1.807, 2.05) is 60.7 Å². The van der Waals surface area contributed by atoms with Crippen molar-refractivity contribution in [1.82, 2.24) is 0 Å². The number of aliphatic hydroxyl groups excluding tert-OH is 1. The molecule has 2 aromatic carbocycles. The van der Waals surface area contributed by atoms with Crippen LogP contribution in [0.15, 0.2) is 65.8 Å². The Kier molecular flexibility index (Phi) is 9.54. The summed E-state index contributed by atoms with van der Waals surface area (Å²) in [6, 6.07) is 18.6. The minimum absolute atomic E-state index is 0.114. The van der Waals surface area contributed by atoms with Crippen molar-refractivity contribution in [3.05, 3.63) is 66.2 Å². The average molecular weight is 499 g/mol. The minimum Gasteiger partial charge on any atom is -0.456 e. The van der Waals surface area contributed by atoms with Crippen molar-refractivity contribution >= 4 is 29.3 Å². The summed E-state index contributed by atoms with van der Waals surface area (Å²) in [5, 5.41) is 14.6. The zero-order valence-electron chi connectivity index (χ0n) is 20.3. The first-order valence-corrected chi connectivity index (χ1v) is 11.5. The fourth-order valence-corrected chi connectivity index (χ4v) is 3.99. The number of esters is 3. The molecule has 2 N–H and O–H groups in total. The number of aliphatic hydroxyl groups is 1. The first-order valence-electron chi connectivity index (χ1n) is 11.5. The van der Waals surface area contributed by atoms with Crippen molar-refractivity contribution < 1.29 is 38.4 Å². The molecule has 3 rings (SSSR count). The summed E-state index contributed by atoms with van der Waals surface area (Å²) in [6.07, 6.45) is -5.33. The van der Waals surface area contributed by atoms with Crippen LogP contribution in [-0.4, -0.2) is 65.9 Å². The van der Waals surface area contributed by atoms with E-state index in [4.69, 9.17) is 18.9 Å². The second kappa shape index (κ2) is 12.8. The minimum atomic E-state index is -1.20. The van der Waals surface area contributed by atoms with Gasteiger partial charge in [-0.15, -0.1) is 0 Å². The molecule has 0 bridgehead atoms. The highest BCUT2D eigenvalue weighted by Gasteiger charge is 2.51. The average Bonchev–Trinajstić information content (AvgIpc) is 2.85. The first-order chi connectivity index (χ1) is 17.3. The number of anilines is 1. The van der Waals surface area contributed by atoms with Crippen molar-refractivity contribution in [2.45, 2.75) is 57.7 Å². The fourth-order valence-electron chi connectivity index (χ4n) is 3.99. The van der Waals surface area contributed by atoms with Gasteiger partial charge < -0.3 is 24.1 Å². The van der Waals surface area contributed by atoms with Gasteiger partial charge >= 0.3 is 17.9 Å². The summed E-state index contributed by atoms with van der Waals surface area (Å²) in [4.78, 5) is 35.7. The van der Waals surface area contributed by atoms with Gasteiger partial charge in [-0.2, -0.15) is 5.10 Å². The lowest BCUT2D eigenvalue weighted by Crippen LogP contribution is -2.62. The monoisotopic (exact) mass is 498 g/mol. The van der Waals surface area contributed by atoms with Gasteiger partial charge in [0.15, 0.2) is 18.3 Å². The van der Waals surface area contributed by atoms with Crippen LogP contribution in [-0.2, 0) is 33.3 Å². The Bertz CT molecular complexity index is 1060. The SMILES string of the molecule is CC(=O)O[C@@H]1[C@@H](OC(C)=O)[C@H](C/C(=N/Nc2ccccc2)c2ccccc2)O[C@H](CO)[C@H]1OC(C)=O. The Morgan fingerprint density at radius 2 is 1.31 bits per heavy atom. The molecule has 0 aliphatic carbocycles. The number of hydrogen-bond donors (Lipinski definition) is 2. The van der Waals surface area contributed by atoms with Crippen LogP contribution in [0.2, 0.25) is 0 Å². The molecule has 10 nitrogen and oxygen atoms in total. The maximum atomic E-state index is 12.0. The maximum absolute atomic E-state index is 12.0. The second-order valence-corrected chi connectivity index (χ2v) is 8.22. The second-order valence-electron chi connectivity index (χ2n) is 8.22. The summed E-state index contributed by atoms with van der Waals surface area (Å²) in [5.41, 5.74) is 5.11. The molecular formula is C26H30N2O8. The third-order valence-corrected chi connectivity index (χ3v) is 5.41. The number of ether oxygens (including phenoxy) is 4. The first kappa shape index (κ1) is 26.8. The zero-order valence-corrected chi connectivity index (χ0v) is 20.3. The van der Waals surface area contributed by atoms with Crippen molar-refractivity contribution in [3.8, 4) is 0 Å². The molecule has 1 saturated heterocycles. The van der Waals surface area contributed by atoms with E-state index in [0.717, 1.165) is 11.3 Å². The molecule has 5 atom stereocenters. The zero-order chi connectivity index (χ0) is 26.1. The van der Waals surface area contributed by atoms with Crippen LogP contribution >= 0.6 is 0 Å². The third kappa shape index (κ3) is 7.37. The number of rotatable bonds is 9. The molecule has 0 saturated carbocycles. The summed E-state index contributed by atoms with van der Waals surface area (Å²) in [7, 11) is 0. The molecule has 1 heterocycles. The largest absolute Gasteiger partial charge is 0.456 e. The molecule has 0 spiro atoms. The molecule has 0 amide bonds. The van der Waals surface area contributed by atoms with Crippen LogP contribution in [0.3, 0.4) is 0 Å². The van der Waals surface area contributed by atoms with Gasteiger partial charge in [-0.25, -0.2) is 0 Å². The molecule has 0 aromatic heterocycles. The summed E-state index contributed by atoms with van der Waals surface area (Å²) >= 11 is 0. The molecule has 0 radical (unpaired) electrons. The lowest BCUT2D eigenvalue weighted by atomic mass is 9.90. The van der Waals surface area contributed by atoms with E-state index in [9.17, 15) is 19.5 Å². The highest BCUT2D eigenvalue weighted by molar-refractivity contribution is 6.01. The molecule has 2 aromatic rings. The van der Waals surface area contributed by atoms with E-state index in [1.165, 1.54) is 20.8 Å². The van der Waals surface area contributed by atoms with Gasteiger partial charge in [0.1, 0.15) is 12.2 Å². The number of nitrogens with one attached hydrogen (secondary N) is 1. The Balaban J connectivity index is 1.99. The van der Waals surface area contributed by atoms with Crippen LogP contribution in [0.1, 0.15) is 32.8 Å². The normalized spacial score (nSPS) is 23.9. The Labute approximate surface area is 209 Å². The summed E-state index contributed by atoms with van der Waals surface area (Å²) < 4.78 is 22.4. The molecule has 192 valence electrons. The van der Waals surface area contributed by atoms with E-state index in [0.29, 0.717) is 5.71 Å². The van der Waals surface area contributed by atoms with Gasteiger partial charge in [-0.05, 0) is 17.7 Å². The third-order valence-electron chi connectivity index (χ3n) is 5.41. The number of benzene rings is 2. The molecule has 0 unspecified atom stereocenters. The van der Waals surface area contributed by atoms with Gasteiger partial charge in [0.25, 0.3) is 0 Å². The van der Waals surface area contributed by atoms with Crippen LogP contribution < -0.4 is 5.43 Å². The molecule has 10 heteroatoms. The maximum Gasteiger partial charge on any atom is 0.303 e. The molecule has 1 fully saturated rings. The van der Waals surface area contributed by atoms with Gasteiger partial charge in [0, 0.05) is 27.2 Å². The Morgan fingerprint density at radius 1 is 0.806 bits per heavy atom. The number of para-hydroxylation sites is 1. The summed E-state index contributed by atoms with van der Waals surface area (Å²) in [5.74, 6) is -1.98. The number of hydrazone groups is 1. The van der Waals surface area contributed by atoms with Gasteiger partial charge in [0.2, 0.25) is 0 Å². The molecule has 1 aliphatic rings. The Morgan fingerprint density at radius 3 is 1.83 bits per heavy atom. The van der Waals surface area contributed by atoms with Crippen molar-refractivity contribution in [1.29, 1.82) is 0 Å². The number of carbonyl (C=O) groups is 3. The van der Waals surface area contributed by atoms with E-state index in [1.54, 1.807) is 0 Å². The van der Waals surface area contributed by atoms with Crippen molar-refractivity contribution in [2.75, 3.05) is 12.0 Å². The lowest BCUT2D eigenvalue weighted by Gasteiger charge is -2.44. The predicted molar refractivity (Wildman–Crippen MR) is 130 cm³/mol. The molecule has 36 heavy (non-hydrogen) atoms. The van der Waals surface area contributed by atoms with Gasteiger partial charge in [-0.3, -0.25) is 19.8 Å². The van der Waals surface area contributed by atoms with Crippen LogP contribution in [0, 0.1) is 0 Å². The highest BCUT2D eigenvalue weighted by atomic mass is 16.6. The van der Waals surface area contributed by atoms with E-state index in [-0.39, 0.29) is 6.42 Å². The van der Waals surface area contributed by atoms with E-state index in [2.05, 4.69) is 10.5 Å². The number of hydrogen-bond acceptors (Lipinski definition) is 10.